The van der Waals surface area contributed by atoms with Crippen molar-refractivity contribution in [3.63, 3.8) is 0 Å². The number of nitriles is 1. The molecule has 1 unspecified atom stereocenters. The van der Waals surface area contributed by atoms with Crippen molar-refractivity contribution in [3.05, 3.63) is 108 Å². The Labute approximate surface area is 216 Å². The van der Waals surface area contributed by atoms with E-state index in [-0.39, 0.29) is 5.88 Å². The van der Waals surface area contributed by atoms with Gasteiger partial charge in [-0.25, -0.2) is 4.79 Å². The first-order chi connectivity index (χ1) is 18.0. The van der Waals surface area contributed by atoms with Crippen molar-refractivity contribution < 1.29 is 23.7 Å². The molecule has 1 aliphatic rings. The molecule has 1 atom stereocenters. The first-order valence-electron chi connectivity index (χ1n) is 12.0. The van der Waals surface area contributed by atoms with Crippen LogP contribution in [-0.4, -0.2) is 19.2 Å². The Kier molecular flexibility index (Phi) is 8.11. The van der Waals surface area contributed by atoms with Crippen molar-refractivity contribution in [2.24, 2.45) is 5.73 Å². The second-order valence-electron chi connectivity index (χ2n) is 8.41. The van der Waals surface area contributed by atoms with E-state index in [1.165, 1.54) is 0 Å². The highest BCUT2D eigenvalue weighted by Crippen LogP contribution is 2.43. The smallest absolute Gasteiger partial charge is 0.343 e. The molecule has 7 heteroatoms. The molecule has 3 aromatic rings. The van der Waals surface area contributed by atoms with Gasteiger partial charge in [-0.2, -0.15) is 5.26 Å². The van der Waals surface area contributed by atoms with Crippen molar-refractivity contribution in [1.82, 2.24) is 0 Å². The molecule has 4 rings (SSSR count). The lowest BCUT2D eigenvalue weighted by Gasteiger charge is -2.26. The van der Waals surface area contributed by atoms with E-state index in [2.05, 4.69) is 19.6 Å². The van der Waals surface area contributed by atoms with Crippen molar-refractivity contribution in [2.75, 3.05) is 13.2 Å². The lowest BCUT2D eigenvalue weighted by molar-refractivity contribution is 0.0734. The van der Waals surface area contributed by atoms with Gasteiger partial charge in [0, 0.05) is 11.6 Å². The average Bonchev–Trinajstić information content (AvgIpc) is 2.92. The van der Waals surface area contributed by atoms with Gasteiger partial charge in [-0.05, 0) is 54.4 Å². The fourth-order valence-electron chi connectivity index (χ4n) is 3.94. The fourth-order valence-corrected chi connectivity index (χ4v) is 3.94. The number of allylic oxidation sites excluding steroid dienone is 1. The Morgan fingerprint density at radius 3 is 2.41 bits per heavy atom. The summed E-state index contributed by atoms with van der Waals surface area (Å²) in [6.45, 7) is 6.75. The van der Waals surface area contributed by atoms with Gasteiger partial charge in [0.15, 0.2) is 0 Å². The molecule has 0 spiro atoms. The van der Waals surface area contributed by atoms with Crippen LogP contribution in [0.5, 0.6) is 23.0 Å². The minimum atomic E-state index is -0.525. The quantitative estimate of drug-likeness (QED) is 0.162. The number of unbranched alkanes of at least 4 members (excludes halogenated alkanes) is 1. The second-order valence-corrected chi connectivity index (χ2v) is 8.41. The lowest BCUT2D eigenvalue weighted by atomic mass is 9.83. The standard InChI is InChI=1S/C30H28N2O5/c1-3-5-17-35-23-10-6-20(7-11-23)28-25-15-14-24(18-27(25)37-29(32)26(28)19-31)36-30(33)21-8-12-22(13-9-21)34-16-4-2/h4,6-15,18,28H,2-3,5,16-17,32H2,1H3. The highest BCUT2D eigenvalue weighted by Gasteiger charge is 2.31. The molecule has 0 aliphatic carbocycles. The molecule has 1 heterocycles. The van der Waals surface area contributed by atoms with Crippen LogP contribution in [-0.2, 0) is 0 Å². The number of hydrogen-bond donors (Lipinski definition) is 1. The fraction of sp³-hybridized carbons (Fsp3) is 0.200. The van der Waals surface area contributed by atoms with Gasteiger partial charge in [0.25, 0.3) is 0 Å². The highest BCUT2D eigenvalue weighted by atomic mass is 16.5. The molecule has 0 saturated carbocycles. The number of carbonyl (C=O) groups is 1. The Hall–Kier alpha value is -4.70. The van der Waals surface area contributed by atoms with Crippen LogP contribution in [0, 0.1) is 11.3 Å². The molecule has 0 amide bonds. The summed E-state index contributed by atoms with van der Waals surface area (Å²) in [6.07, 6.45) is 3.68. The summed E-state index contributed by atoms with van der Waals surface area (Å²) in [6, 6.07) is 21.5. The van der Waals surface area contributed by atoms with Gasteiger partial charge in [0.2, 0.25) is 5.88 Å². The minimum Gasteiger partial charge on any atom is -0.494 e. The van der Waals surface area contributed by atoms with Gasteiger partial charge < -0.3 is 24.7 Å². The van der Waals surface area contributed by atoms with Crippen LogP contribution >= 0.6 is 0 Å². The molecule has 0 saturated heterocycles. The third-order valence-corrected chi connectivity index (χ3v) is 5.84. The first kappa shape index (κ1) is 25.4. The van der Waals surface area contributed by atoms with Crippen LogP contribution < -0.4 is 24.7 Å². The lowest BCUT2D eigenvalue weighted by Crippen LogP contribution is -2.21. The number of fused-ring (bicyclic) bond motifs is 1. The van der Waals surface area contributed by atoms with Crippen molar-refractivity contribution in [3.8, 4) is 29.1 Å². The SMILES string of the molecule is C=CCOc1ccc(C(=O)Oc2ccc3c(c2)OC(N)=C(C#N)C3c2ccc(OCCCC)cc2)cc1. The number of esters is 1. The average molecular weight is 497 g/mol. The van der Waals surface area contributed by atoms with Crippen molar-refractivity contribution >= 4 is 5.97 Å². The molecule has 1 aliphatic heterocycles. The molecule has 7 nitrogen and oxygen atoms in total. The summed E-state index contributed by atoms with van der Waals surface area (Å²) < 4.78 is 22.5. The van der Waals surface area contributed by atoms with Gasteiger partial charge in [-0.1, -0.05) is 44.2 Å². The van der Waals surface area contributed by atoms with E-state index in [4.69, 9.17) is 24.7 Å². The zero-order chi connectivity index (χ0) is 26.2. The zero-order valence-corrected chi connectivity index (χ0v) is 20.6. The summed E-state index contributed by atoms with van der Waals surface area (Å²) in [4.78, 5) is 12.7. The normalized spacial score (nSPS) is 14.1. The Balaban J connectivity index is 1.55. The van der Waals surface area contributed by atoms with Gasteiger partial charge in [-0.15, -0.1) is 0 Å². The monoisotopic (exact) mass is 496 g/mol. The van der Waals surface area contributed by atoms with Gasteiger partial charge in [0.1, 0.15) is 41.2 Å². The summed E-state index contributed by atoms with van der Waals surface area (Å²) in [5, 5.41) is 9.81. The number of carbonyl (C=O) groups excluding carboxylic acids is 1. The Morgan fingerprint density at radius 2 is 1.73 bits per heavy atom. The molecule has 0 radical (unpaired) electrons. The summed E-state index contributed by atoms with van der Waals surface area (Å²) >= 11 is 0. The van der Waals surface area contributed by atoms with Gasteiger partial charge in [0.05, 0.1) is 18.1 Å². The molecule has 0 bridgehead atoms. The molecule has 2 N–H and O–H groups in total. The maximum absolute atomic E-state index is 12.7. The van der Waals surface area contributed by atoms with E-state index >= 15 is 0 Å². The molecular formula is C30H28N2O5. The maximum atomic E-state index is 12.7. The van der Waals surface area contributed by atoms with E-state index < -0.39 is 11.9 Å². The number of nitrogens with zero attached hydrogens (tertiary/aromatic N) is 1. The van der Waals surface area contributed by atoms with E-state index in [1.807, 2.05) is 24.3 Å². The molecular weight excluding hydrogens is 468 g/mol. The minimum absolute atomic E-state index is 0.0156. The molecule has 0 fully saturated rings. The van der Waals surface area contributed by atoms with E-state index in [1.54, 1.807) is 48.5 Å². The van der Waals surface area contributed by atoms with Crippen LogP contribution in [0.3, 0.4) is 0 Å². The van der Waals surface area contributed by atoms with Crippen molar-refractivity contribution in [2.45, 2.75) is 25.7 Å². The van der Waals surface area contributed by atoms with Crippen LogP contribution in [0.2, 0.25) is 0 Å². The number of ether oxygens (including phenoxy) is 4. The zero-order valence-electron chi connectivity index (χ0n) is 20.6. The molecule has 3 aromatic carbocycles. The third-order valence-electron chi connectivity index (χ3n) is 5.84. The number of hydrogen-bond acceptors (Lipinski definition) is 7. The molecule has 0 aromatic heterocycles. The van der Waals surface area contributed by atoms with Crippen molar-refractivity contribution in [1.29, 1.82) is 5.26 Å². The topological polar surface area (TPSA) is 104 Å². The first-order valence-corrected chi connectivity index (χ1v) is 12.0. The molecule has 188 valence electrons. The van der Waals surface area contributed by atoms with Crippen LogP contribution in [0.25, 0.3) is 0 Å². The largest absolute Gasteiger partial charge is 0.494 e. The van der Waals surface area contributed by atoms with E-state index in [0.717, 1.165) is 29.7 Å². The van der Waals surface area contributed by atoms with Crippen LogP contribution in [0.4, 0.5) is 0 Å². The maximum Gasteiger partial charge on any atom is 0.343 e. The van der Waals surface area contributed by atoms with E-state index in [9.17, 15) is 10.1 Å². The Bertz CT molecular complexity index is 1340. The second kappa shape index (κ2) is 11.8. The summed E-state index contributed by atoms with van der Waals surface area (Å²) in [5.74, 6) is 1.17. The highest BCUT2D eigenvalue weighted by molar-refractivity contribution is 5.91. The predicted molar refractivity (Wildman–Crippen MR) is 140 cm³/mol. The third kappa shape index (κ3) is 5.93. The van der Waals surface area contributed by atoms with Gasteiger partial charge >= 0.3 is 5.97 Å². The van der Waals surface area contributed by atoms with E-state index in [0.29, 0.717) is 41.6 Å². The number of nitrogens with two attached hydrogens (primary N) is 1. The number of benzene rings is 3. The number of rotatable bonds is 10. The summed E-state index contributed by atoms with van der Waals surface area (Å²) in [5.41, 5.74) is 8.42. The molecule has 37 heavy (non-hydrogen) atoms. The van der Waals surface area contributed by atoms with Crippen LogP contribution in [0.15, 0.2) is 90.8 Å². The van der Waals surface area contributed by atoms with Crippen LogP contribution in [0.1, 0.15) is 47.2 Å². The summed E-state index contributed by atoms with van der Waals surface area (Å²) in [7, 11) is 0. The Morgan fingerprint density at radius 1 is 1.05 bits per heavy atom. The van der Waals surface area contributed by atoms with Gasteiger partial charge in [-0.3, -0.25) is 0 Å². The predicted octanol–water partition coefficient (Wildman–Crippen LogP) is 5.87.